The maximum Gasteiger partial charge on any atom is 0.218 e. The van der Waals surface area contributed by atoms with Crippen LogP contribution in [0.3, 0.4) is 0 Å². The smallest absolute Gasteiger partial charge is 0.218 e. The summed E-state index contributed by atoms with van der Waals surface area (Å²) >= 11 is 3.19. The number of halogens is 2. The van der Waals surface area contributed by atoms with Gasteiger partial charge in [0.2, 0.25) is 6.29 Å². The van der Waals surface area contributed by atoms with E-state index in [1.165, 1.54) is 12.1 Å². The first-order chi connectivity index (χ1) is 8.56. The van der Waals surface area contributed by atoms with Crippen molar-refractivity contribution in [2.75, 3.05) is 13.2 Å². The molecule has 0 unspecified atom stereocenters. The van der Waals surface area contributed by atoms with E-state index in [-0.39, 0.29) is 18.0 Å². The average Bonchev–Trinajstić information content (AvgIpc) is 2.27. The Hall–Kier alpha value is -0.780. The molecule has 1 rings (SSSR count). The van der Waals surface area contributed by atoms with E-state index in [0.29, 0.717) is 23.2 Å². The van der Waals surface area contributed by atoms with Gasteiger partial charge in [-0.1, -0.05) is 15.9 Å². The maximum absolute atomic E-state index is 13.2. The van der Waals surface area contributed by atoms with Crippen LogP contribution in [0.25, 0.3) is 0 Å². The minimum absolute atomic E-state index is 0.0844. The van der Waals surface area contributed by atoms with E-state index in [1.807, 2.05) is 0 Å². The van der Waals surface area contributed by atoms with Crippen LogP contribution in [0.4, 0.5) is 4.39 Å². The van der Waals surface area contributed by atoms with Crippen molar-refractivity contribution < 1.29 is 18.7 Å². The molecule has 0 heterocycles. The fraction of sp³-hybridized carbons (Fsp3) is 0.462. The molecule has 100 valence electrons. The van der Waals surface area contributed by atoms with Gasteiger partial charge in [0.15, 0.2) is 5.78 Å². The fourth-order valence-corrected chi connectivity index (χ4v) is 2.05. The van der Waals surface area contributed by atoms with Gasteiger partial charge in [0, 0.05) is 24.1 Å². The number of carbonyl (C=O) groups is 1. The van der Waals surface area contributed by atoms with Crippen LogP contribution >= 0.6 is 15.9 Å². The van der Waals surface area contributed by atoms with Gasteiger partial charge in [-0.05, 0) is 37.6 Å². The Morgan fingerprint density at radius 2 is 1.89 bits per heavy atom. The average molecular weight is 319 g/mol. The summed E-state index contributed by atoms with van der Waals surface area (Å²) in [6.45, 7) is 4.36. The van der Waals surface area contributed by atoms with Crippen molar-refractivity contribution in [1.82, 2.24) is 0 Å². The molecule has 0 atom stereocenters. The molecule has 0 fully saturated rings. The third-order valence-corrected chi connectivity index (χ3v) is 2.66. The molecule has 1 aromatic rings. The van der Waals surface area contributed by atoms with E-state index in [1.54, 1.807) is 19.9 Å². The summed E-state index contributed by atoms with van der Waals surface area (Å²) in [6, 6.07) is 4.38. The van der Waals surface area contributed by atoms with E-state index in [2.05, 4.69) is 15.9 Å². The van der Waals surface area contributed by atoms with Crippen LogP contribution in [0.15, 0.2) is 22.7 Å². The molecule has 0 saturated heterocycles. The summed E-state index contributed by atoms with van der Waals surface area (Å²) in [7, 11) is 0. The molecule has 0 aliphatic rings. The fourth-order valence-electron chi connectivity index (χ4n) is 1.53. The Labute approximate surface area is 114 Å². The van der Waals surface area contributed by atoms with Crippen molar-refractivity contribution >= 4 is 21.7 Å². The Balaban J connectivity index is 2.72. The summed E-state index contributed by atoms with van der Waals surface area (Å²) in [5.74, 6) is -0.590. The largest absolute Gasteiger partial charge is 0.346 e. The number of hydrogen-bond acceptors (Lipinski definition) is 3. The molecule has 0 aromatic heterocycles. The quantitative estimate of drug-likeness (QED) is 0.725. The summed E-state index contributed by atoms with van der Waals surface area (Å²) in [5.41, 5.74) is 0.594. The second-order valence-electron chi connectivity index (χ2n) is 3.66. The lowest BCUT2D eigenvalue weighted by Gasteiger charge is -2.15. The molecule has 0 aliphatic heterocycles. The van der Waals surface area contributed by atoms with Gasteiger partial charge in [0.05, 0.1) is 0 Å². The monoisotopic (exact) mass is 318 g/mol. The molecule has 5 heteroatoms. The van der Waals surface area contributed by atoms with Crippen LogP contribution in [0.5, 0.6) is 0 Å². The summed E-state index contributed by atoms with van der Waals surface area (Å²) in [5, 5.41) is 0. The Morgan fingerprint density at radius 1 is 1.28 bits per heavy atom. The number of hydrogen-bond donors (Lipinski definition) is 0. The van der Waals surface area contributed by atoms with Crippen molar-refractivity contribution in [3.8, 4) is 0 Å². The molecule has 0 radical (unpaired) electrons. The Kier molecular flexibility index (Phi) is 6.46. The highest BCUT2D eigenvalue weighted by Crippen LogP contribution is 2.16. The lowest BCUT2D eigenvalue weighted by Crippen LogP contribution is -2.29. The SMILES string of the molecule is CCOC(OCC)C(=O)Cc1cc(F)cc(Br)c1. The molecule has 1 aromatic carbocycles. The van der Waals surface area contributed by atoms with Gasteiger partial charge in [-0.15, -0.1) is 0 Å². The van der Waals surface area contributed by atoms with E-state index >= 15 is 0 Å². The van der Waals surface area contributed by atoms with Gasteiger partial charge < -0.3 is 9.47 Å². The molecule has 18 heavy (non-hydrogen) atoms. The number of ketones is 1. The van der Waals surface area contributed by atoms with Gasteiger partial charge in [-0.2, -0.15) is 0 Å². The molecule has 0 aliphatic carbocycles. The second-order valence-corrected chi connectivity index (χ2v) is 4.58. The zero-order valence-corrected chi connectivity index (χ0v) is 12.0. The van der Waals surface area contributed by atoms with Crippen molar-refractivity contribution in [2.45, 2.75) is 26.6 Å². The summed E-state index contributed by atoms with van der Waals surface area (Å²) < 4.78 is 24.2. The van der Waals surface area contributed by atoms with Crippen molar-refractivity contribution in [3.63, 3.8) is 0 Å². The second kappa shape index (κ2) is 7.61. The van der Waals surface area contributed by atoms with Crippen LogP contribution in [-0.2, 0) is 20.7 Å². The minimum Gasteiger partial charge on any atom is -0.346 e. The van der Waals surface area contributed by atoms with Crippen molar-refractivity contribution in [2.24, 2.45) is 0 Å². The van der Waals surface area contributed by atoms with E-state index in [0.717, 1.165) is 0 Å². The number of Topliss-reactive ketones (excluding diaryl/α,β-unsaturated/α-hetero) is 1. The zero-order chi connectivity index (χ0) is 13.5. The van der Waals surface area contributed by atoms with Gasteiger partial charge in [0.25, 0.3) is 0 Å². The highest BCUT2D eigenvalue weighted by molar-refractivity contribution is 9.10. The van der Waals surface area contributed by atoms with Crippen molar-refractivity contribution in [1.29, 1.82) is 0 Å². The number of rotatable bonds is 7. The van der Waals surface area contributed by atoms with Gasteiger partial charge in [-0.25, -0.2) is 4.39 Å². The van der Waals surface area contributed by atoms with Gasteiger partial charge in [-0.3, -0.25) is 4.79 Å². The number of benzene rings is 1. The van der Waals surface area contributed by atoms with E-state index < -0.39 is 6.29 Å². The maximum atomic E-state index is 13.2. The number of ether oxygens (including phenoxy) is 2. The highest BCUT2D eigenvalue weighted by atomic mass is 79.9. The van der Waals surface area contributed by atoms with Crippen molar-refractivity contribution in [3.05, 3.63) is 34.1 Å². The first kappa shape index (κ1) is 15.3. The standard InChI is InChI=1S/C13H16BrFO3/c1-3-17-13(18-4-2)12(16)7-9-5-10(14)8-11(15)6-9/h5-6,8,13H,3-4,7H2,1-2H3. The molecule has 0 bridgehead atoms. The zero-order valence-electron chi connectivity index (χ0n) is 10.4. The van der Waals surface area contributed by atoms with Gasteiger partial charge in [0.1, 0.15) is 5.82 Å². The predicted molar refractivity (Wildman–Crippen MR) is 69.9 cm³/mol. The van der Waals surface area contributed by atoms with Gasteiger partial charge >= 0.3 is 0 Å². The van der Waals surface area contributed by atoms with E-state index in [4.69, 9.17) is 9.47 Å². The normalized spacial score (nSPS) is 10.9. The highest BCUT2D eigenvalue weighted by Gasteiger charge is 2.19. The first-order valence-corrected chi connectivity index (χ1v) is 6.57. The van der Waals surface area contributed by atoms with Crippen LogP contribution in [0.2, 0.25) is 0 Å². The third-order valence-electron chi connectivity index (χ3n) is 2.20. The van der Waals surface area contributed by atoms with Crippen LogP contribution in [-0.4, -0.2) is 25.3 Å². The minimum atomic E-state index is -0.873. The van der Waals surface area contributed by atoms with E-state index in [9.17, 15) is 9.18 Å². The predicted octanol–water partition coefficient (Wildman–Crippen LogP) is 3.10. The molecule has 3 nitrogen and oxygen atoms in total. The lowest BCUT2D eigenvalue weighted by molar-refractivity contribution is -0.167. The molecule has 0 N–H and O–H groups in total. The molecule has 0 amide bonds. The Morgan fingerprint density at radius 3 is 2.39 bits per heavy atom. The van der Waals surface area contributed by atoms with Crippen LogP contribution in [0.1, 0.15) is 19.4 Å². The third kappa shape index (κ3) is 4.84. The summed E-state index contributed by atoms with van der Waals surface area (Å²) in [4.78, 5) is 11.9. The van der Waals surface area contributed by atoms with Crippen LogP contribution in [0, 0.1) is 5.82 Å². The molecular formula is C13H16BrFO3. The lowest BCUT2D eigenvalue weighted by atomic mass is 10.1. The van der Waals surface area contributed by atoms with Crippen LogP contribution < -0.4 is 0 Å². The molecule has 0 saturated carbocycles. The topological polar surface area (TPSA) is 35.5 Å². The Bertz CT molecular complexity index is 383. The molecular weight excluding hydrogens is 303 g/mol. The first-order valence-electron chi connectivity index (χ1n) is 5.77. The summed E-state index contributed by atoms with van der Waals surface area (Å²) in [6.07, 6.45) is -0.789. The number of carbonyl (C=O) groups excluding carboxylic acids is 1. The molecule has 0 spiro atoms.